The molecule has 0 spiro atoms. The minimum absolute atomic E-state index is 0.138. The number of hydrogen-bond donors (Lipinski definition) is 3. The zero-order valence-electron chi connectivity index (χ0n) is 28.4. The van der Waals surface area contributed by atoms with Crippen molar-refractivity contribution in [1.29, 1.82) is 0 Å². The Morgan fingerprint density at radius 2 is 1.71 bits per heavy atom. The van der Waals surface area contributed by atoms with Gasteiger partial charge in [0.2, 0.25) is 6.79 Å². The van der Waals surface area contributed by atoms with Crippen molar-refractivity contribution in [3.63, 3.8) is 0 Å². The number of ether oxygens (including phenoxy) is 4. The highest BCUT2D eigenvalue weighted by Gasteiger charge is 2.31. The van der Waals surface area contributed by atoms with Crippen molar-refractivity contribution in [2.75, 3.05) is 50.8 Å². The highest BCUT2D eigenvalue weighted by molar-refractivity contribution is 6.05. The van der Waals surface area contributed by atoms with Gasteiger partial charge in [0.15, 0.2) is 11.5 Å². The fourth-order valence-corrected chi connectivity index (χ4v) is 5.72. The summed E-state index contributed by atoms with van der Waals surface area (Å²) in [7, 11) is 1.69. The molecule has 0 radical (unpaired) electrons. The van der Waals surface area contributed by atoms with Crippen LogP contribution in [-0.2, 0) is 4.74 Å². The van der Waals surface area contributed by atoms with Gasteiger partial charge in [-0.2, -0.15) is 0 Å². The zero-order chi connectivity index (χ0) is 34.9. The van der Waals surface area contributed by atoms with Crippen LogP contribution in [0.25, 0.3) is 0 Å². The lowest BCUT2D eigenvalue weighted by Crippen LogP contribution is -2.48. The molecule has 0 bridgehead atoms. The number of carbonyl (C=O) groups excluding carboxylic acids is 3. The molecule has 4 atom stereocenters. The molecular weight excluding hydrogens is 630 g/mol. The molecule has 2 aliphatic heterocycles. The van der Waals surface area contributed by atoms with Crippen LogP contribution in [0.1, 0.15) is 60.7 Å². The Balaban J connectivity index is 1.36. The smallest absolute Gasteiger partial charge is 0.321 e. The average Bonchev–Trinajstić information content (AvgIpc) is 3.58. The molecule has 5 rings (SSSR count). The number of carbonyl (C=O) groups is 3. The van der Waals surface area contributed by atoms with Crippen LogP contribution in [0, 0.1) is 5.92 Å². The number of anilines is 2. The second-order valence-electron chi connectivity index (χ2n) is 12.6. The van der Waals surface area contributed by atoms with Crippen molar-refractivity contribution in [3.8, 4) is 17.2 Å². The van der Waals surface area contributed by atoms with Crippen molar-refractivity contribution in [2.45, 2.75) is 58.3 Å². The maximum atomic E-state index is 14.4. The van der Waals surface area contributed by atoms with Gasteiger partial charge < -0.3 is 44.5 Å². The van der Waals surface area contributed by atoms with Crippen LogP contribution in [-0.4, -0.2) is 96.1 Å². The van der Waals surface area contributed by atoms with Crippen LogP contribution in [0.3, 0.4) is 0 Å². The lowest BCUT2D eigenvalue weighted by Gasteiger charge is -2.35. The molecule has 1 aromatic heterocycles. The molecule has 0 unspecified atom stereocenters. The molecule has 2 aliphatic rings. The summed E-state index contributed by atoms with van der Waals surface area (Å²) < 4.78 is 23.5. The van der Waals surface area contributed by atoms with E-state index in [1.165, 1.54) is 12.4 Å². The van der Waals surface area contributed by atoms with E-state index < -0.39 is 12.1 Å². The number of benzene rings is 2. The van der Waals surface area contributed by atoms with Crippen LogP contribution < -0.4 is 24.8 Å². The van der Waals surface area contributed by atoms with E-state index in [-0.39, 0.29) is 61.9 Å². The summed E-state index contributed by atoms with van der Waals surface area (Å²) in [4.78, 5) is 47.6. The molecular formula is C36H45N5O8. The van der Waals surface area contributed by atoms with Gasteiger partial charge in [0.1, 0.15) is 5.75 Å². The van der Waals surface area contributed by atoms with E-state index in [9.17, 15) is 19.5 Å². The van der Waals surface area contributed by atoms with E-state index in [2.05, 4.69) is 15.6 Å². The second-order valence-corrected chi connectivity index (χ2v) is 12.6. The number of aliphatic hydroxyl groups is 1. The van der Waals surface area contributed by atoms with Crippen molar-refractivity contribution >= 4 is 29.2 Å². The lowest BCUT2D eigenvalue weighted by molar-refractivity contribution is -0.0115. The quantitative estimate of drug-likeness (QED) is 0.314. The number of nitrogens with one attached hydrogen (secondary N) is 2. The van der Waals surface area contributed by atoms with Crippen molar-refractivity contribution < 1.29 is 38.4 Å². The van der Waals surface area contributed by atoms with Crippen LogP contribution in [0.4, 0.5) is 16.2 Å². The summed E-state index contributed by atoms with van der Waals surface area (Å²) in [5.74, 6) is 0.646. The SMILES string of the molecule is C[C@@H]1CN([C@@H](C)CO)C(=O)c2cc(NC(=O)c3ccncc3)ccc2O[C@@H](C)CCCCO[C@H]1CN(C)C(=O)Nc1ccc2c(c1)OCO2. The summed E-state index contributed by atoms with van der Waals surface area (Å²) in [6, 6.07) is 12.6. The molecule has 3 aromatic rings. The van der Waals surface area contributed by atoms with Gasteiger partial charge in [-0.15, -0.1) is 0 Å². The topological polar surface area (TPSA) is 152 Å². The molecule has 0 fully saturated rings. The van der Waals surface area contributed by atoms with E-state index in [1.807, 2.05) is 13.8 Å². The molecule has 2 aromatic carbocycles. The average molecular weight is 676 g/mol. The molecule has 49 heavy (non-hydrogen) atoms. The third-order valence-electron chi connectivity index (χ3n) is 8.68. The lowest BCUT2D eigenvalue weighted by atomic mass is 10.0. The second kappa shape index (κ2) is 16.5. The number of nitrogens with zero attached hydrogens (tertiary/aromatic N) is 3. The molecule has 13 heteroatoms. The van der Waals surface area contributed by atoms with Gasteiger partial charge in [0.05, 0.1) is 30.4 Å². The molecule has 262 valence electrons. The molecule has 0 aliphatic carbocycles. The molecule has 0 saturated heterocycles. The number of hydrogen-bond acceptors (Lipinski definition) is 9. The van der Waals surface area contributed by atoms with Gasteiger partial charge in [-0.25, -0.2) is 4.79 Å². The first-order chi connectivity index (χ1) is 23.6. The number of fused-ring (bicyclic) bond motifs is 2. The van der Waals surface area contributed by atoms with E-state index in [0.717, 1.165) is 19.3 Å². The predicted octanol–water partition coefficient (Wildman–Crippen LogP) is 5.02. The zero-order valence-corrected chi connectivity index (χ0v) is 28.4. The normalized spacial score (nSPS) is 20.3. The van der Waals surface area contributed by atoms with Crippen LogP contribution in [0.5, 0.6) is 17.2 Å². The van der Waals surface area contributed by atoms with Crippen LogP contribution >= 0.6 is 0 Å². The Labute approximate surface area is 286 Å². The van der Waals surface area contributed by atoms with Crippen LogP contribution in [0.15, 0.2) is 60.9 Å². The highest BCUT2D eigenvalue weighted by Crippen LogP contribution is 2.34. The van der Waals surface area contributed by atoms with E-state index >= 15 is 0 Å². The summed E-state index contributed by atoms with van der Waals surface area (Å²) in [6.45, 7) is 6.52. The summed E-state index contributed by atoms with van der Waals surface area (Å²) in [5, 5.41) is 16.0. The predicted molar refractivity (Wildman–Crippen MR) is 183 cm³/mol. The molecule has 0 saturated carbocycles. The number of urea groups is 1. The third-order valence-corrected chi connectivity index (χ3v) is 8.68. The Morgan fingerprint density at radius 1 is 1.00 bits per heavy atom. The van der Waals surface area contributed by atoms with Gasteiger partial charge in [0.25, 0.3) is 11.8 Å². The maximum absolute atomic E-state index is 14.4. The first-order valence-electron chi connectivity index (χ1n) is 16.6. The summed E-state index contributed by atoms with van der Waals surface area (Å²) in [5.41, 5.74) is 1.69. The van der Waals surface area contributed by atoms with Gasteiger partial charge in [0, 0.05) is 68.1 Å². The fraction of sp³-hybridized carbons (Fsp3) is 0.444. The fourth-order valence-electron chi connectivity index (χ4n) is 5.72. The Morgan fingerprint density at radius 3 is 2.47 bits per heavy atom. The molecule has 3 N–H and O–H groups in total. The highest BCUT2D eigenvalue weighted by atomic mass is 16.7. The molecule has 4 amide bonds. The standard InChI is InChI=1S/C36H45N5O8/c1-23-19-41(24(2)21-42)35(44)29-17-27(38-34(43)26-12-14-37-15-13-26)8-10-30(29)49-25(3)7-5-6-16-46-33(23)20-40(4)36(45)39-28-9-11-31-32(18-28)48-22-47-31/h8-15,17-18,23-25,33,42H,5-7,16,19-22H2,1-4H3,(H,38,43)(H,39,45)/t23-,24+,25+,33+/m1/s1. The first-order valence-corrected chi connectivity index (χ1v) is 16.6. The summed E-state index contributed by atoms with van der Waals surface area (Å²) >= 11 is 0. The molecule has 13 nitrogen and oxygen atoms in total. The van der Waals surface area contributed by atoms with Gasteiger partial charge in [-0.3, -0.25) is 14.6 Å². The Hall–Kier alpha value is -4.88. The van der Waals surface area contributed by atoms with Crippen molar-refractivity contribution in [1.82, 2.24) is 14.8 Å². The first kappa shape index (κ1) is 35.4. The number of pyridine rings is 1. The number of aliphatic hydroxyl groups excluding tert-OH is 1. The number of likely N-dealkylation sites (N-methyl/N-ethyl adjacent to an activating group) is 1. The van der Waals surface area contributed by atoms with Crippen molar-refractivity contribution in [2.24, 2.45) is 5.92 Å². The van der Waals surface area contributed by atoms with Gasteiger partial charge in [-0.1, -0.05) is 6.92 Å². The molecule has 3 heterocycles. The van der Waals surface area contributed by atoms with Crippen molar-refractivity contribution in [3.05, 3.63) is 72.1 Å². The van der Waals surface area contributed by atoms with E-state index in [1.54, 1.807) is 72.3 Å². The number of aromatic nitrogens is 1. The largest absolute Gasteiger partial charge is 0.490 e. The number of rotatable bonds is 7. The van der Waals surface area contributed by atoms with Crippen LogP contribution in [0.2, 0.25) is 0 Å². The van der Waals surface area contributed by atoms with Gasteiger partial charge >= 0.3 is 6.03 Å². The number of amides is 4. The Bertz CT molecular complexity index is 1610. The van der Waals surface area contributed by atoms with E-state index in [4.69, 9.17) is 18.9 Å². The maximum Gasteiger partial charge on any atom is 0.321 e. The minimum Gasteiger partial charge on any atom is -0.490 e. The minimum atomic E-state index is -0.545. The Kier molecular flexibility index (Phi) is 11.9. The summed E-state index contributed by atoms with van der Waals surface area (Å²) in [6.07, 6.45) is 4.80. The third kappa shape index (κ3) is 9.18. The monoisotopic (exact) mass is 675 g/mol. The van der Waals surface area contributed by atoms with E-state index in [0.29, 0.717) is 40.8 Å². The van der Waals surface area contributed by atoms with Gasteiger partial charge in [-0.05, 0) is 75.6 Å².